The monoisotopic (exact) mass is 318 g/mol. The second-order valence-electron chi connectivity index (χ2n) is 5.71. The van der Waals surface area contributed by atoms with Crippen molar-refractivity contribution in [1.29, 1.82) is 0 Å². The van der Waals surface area contributed by atoms with Crippen molar-refractivity contribution in [2.45, 2.75) is 19.4 Å². The average Bonchev–Trinajstić information content (AvgIpc) is 3.06. The molecule has 2 aromatic rings. The molecule has 0 aliphatic carbocycles. The fraction of sp³-hybridized carbons (Fsp3) is 0.471. The first kappa shape index (κ1) is 15.7. The van der Waals surface area contributed by atoms with Gasteiger partial charge in [0.15, 0.2) is 11.5 Å². The first-order valence-electron chi connectivity index (χ1n) is 7.75. The molecule has 1 aliphatic rings. The Labute approximate surface area is 135 Å². The van der Waals surface area contributed by atoms with Gasteiger partial charge in [0.05, 0.1) is 26.8 Å². The highest BCUT2D eigenvalue weighted by atomic mass is 16.5. The van der Waals surface area contributed by atoms with Gasteiger partial charge in [0.2, 0.25) is 5.75 Å². The lowest BCUT2D eigenvalue weighted by atomic mass is 10.1. The lowest BCUT2D eigenvalue weighted by molar-refractivity contribution is 0.326. The molecule has 23 heavy (non-hydrogen) atoms. The molecule has 6 heteroatoms. The van der Waals surface area contributed by atoms with Crippen LogP contribution in [-0.2, 0) is 6.54 Å². The van der Waals surface area contributed by atoms with Crippen LogP contribution in [0.2, 0.25) is 0 Å². The molecule has 3 rings (SSSR count). The molecule has 0 radical (unpaired) electrons. The van der Waals surface area contributed by atoms with Gasteiger partial charge in [-0.25, -0.2) is 0 Å². The number of methoxy groups -OCH3 is 3. The van der Waals surface area contributed by atoms with Crippen molar-refractivity contribution in [3.8, 4) is 17.2 Å². The molecule has 124 valence electrons. The molecule has 0 saturated carbocycles. The minimum absolute atomic E-state index is 0.0707. The van der Waals surface area contributed by atoms with E-state index in [9.17, 15) is 4.79 Å². The molecule has 1 aromatic heterocycles. The number of fused-ring (bicyclic) bond motifs is 1. The van der Waals surface area contributed by atoms with Crippen LogP contribution in [-0.4, -0.2) is 44.3 Å². The number of benzene rings is 1. The third kappa shape index (κ3) is 2.86. The minimum Gasteiger partial charge on any atom is -0.493 e. The van der Waals surface area contributed by atoms with Crippen molar-refractivity contribution in [1.82, 2.24) is 9.88 Å². The molecule has 0 bridgehead atoms. The molecule has 6 nitrogen and oxygen atoms in total. The topological polar surface area (TPSA) is 63.8 Å². The third-order valence-electron chi connectivity index (χ3n) is 4.32. The summed E-state index contributed by atoms with van der Waals surface area (Å²) in [6.07, 6.45) is 2.39. The van der Waals surface area contributed by atoms with E-state index in [1.807, 2.05) is 6.07 Å². The fourth-order valence-corrected chi connectivity index (χ4v) is 3.17. The number of pyridine rings is 1. The quantitative estimate of drug-likeness (QED) is 0.915. The van der Waals surface area contributed by atoms with Gasteiger partial charge in [-0.15, -0.1) is 0 Å². The Morgan fingerprint density at radius 3 is 2.35 bits per heavy atom. The van der Waals surface area contributed by atoms with Gasteiger partial charge < -0.3 is 19.2 Å². The highest BCUT2D eigenvalue weighted by Gasteiger charge is 2.19. The van der Waals surface area contributed by atoms with E-state index >= 15 is 0 Å². The number of rotatable bonds is 5. The lowest BCUT2D eigenvalue weighted by Crippen LogP contribution is -2.24. The summed E-state index contributed by atoms with van der Waals surface area (Å²) in [5, 5.41) is 0.818. The molecule has 1 aromatic carbocycles. The van der Waals surface area contributed by atoms with Crippen LogP contribution >= 0.6 is 0 Å². The summed E-state index contributed by atoms with van der Waals surface area (Å²) in [6, 6.07) is 3.66. The first-order chi connectivity index (χ1) is 11.2. The van der Waals surface area contributed by atoms with E-state index < -0.39 is 0 Å². The summed E-state index contributed by atoms with van der Waals surface area (Å²) in [7, 11) is 4.72. The summed E-state index contributed by atoms with van der Waals surface area (Å²) in [4.78, 5) is 17.6. The van der Waals surface area contributed by atoms with Crippen LogP contribution < -0.4 is 19.8 Å². The molecule has 0 amide bonds. The molecule has 0 spiro atoms. The summed E-state index contributed by atoms with van der Waals surface area (Å²) in [6.45, 7) is 2.74. The molecule has 0 unspecified atom stereocenters. The second-order valence-corrected chi connectivity index (χ2v) is 5.71. The molecule has 1 N–H and O–H groups in total. The number of aromatic nitrogens is 1. The largest absolute Gasteiger partial charge is 0.493 e. The zero-order valence-corrected chi connectivity index (χ0v) is 13.8. The van der Waals surface area contributed by atoms with Gasteiger partial charge in [0.1, 0.15) is 0 Å². The molecular weight excluding hydrogens is 296 g/mol. The van der Waals surface area contributed by atoms with Crippen LogP contribution in [0, 0.1) is 0 Å². The van der Waals surface area contributed by atoms with Crippen LogP contribution in [0.4, 0.5) is 0 Å². The van der Waals surface area contributed by atoms with Gasteiger partial charge in [-0.05, 0) is 32.0 Å². The van der Waals surface area contributed by atoms with Gasteiger partial charge in [0, 0.05) is 23.6 Å². The molecule has 0 atom stereocenters. The SMILES string of the molecule is COc1cc2[nH]c(=O)c(CN3CCCC3)cc2c(OC)c1OC. The molecular formula is C17H22N2O4. The van der Waals surface area contributed by atoms with E-state index in [0.29, 0.717) is 29.3 Å². The summed E-state index contributed by atoms with van der Waals surface area (Å²) in [5.41, 5.74) is 1.35. The maximum Gasteiger partial charge on any atom is 0.252 e. The predicted octanol–water partition coefficient (Wildman–Crippen LogP) is 2.15. The zero-order chi connectivity index (χ0) is 16.4. The Balaban J connectivity index is 2.14. The van der Waals surface area contributed by atoms with Crippen molar-refractivity contribution < 1.29 is 14.2 Å². The Hall–Kier alpha value is -2.21. The fourth-order valence-electron chi connectivity index (χ4n) is 3.17. The van der Waals surface area contributed by atoms with Crippen molar-refractivity contribution in [3.05, 3.63) is 28.0 Å². The van der Waals surface area contributed by atoms with Crippen molar-refractivity contribution in [2.24, 2.45) is 0 Å². The van der Waals surface area contributed by atoms with Gasteiger partial charge in [-0.3, -0.25) is 9.69 Å². The van der Waals surface area contributed by atoms with Crippen LogP contribution in [0.5, 0.6) is 17.2 Å². The predicted molar refractivity (Wildman–Crippen MR) is 88.7 cm³/mol. The van der Waals surface area contributed by atoms with Crippen molar-refractivity contribution >= 4 is 10.9 Å². The summed E-state index contributed by atoms with van der Waals surface area (Å²) >= 11 is 0. The number of hydrogen-bond acceptors (Lipinski definition) is 5. The molecule has 1 aliphatic heterocycles. The lowest BCUT2D eigenvalue weighted by Gasteiger charge is -2.17. The zero-order valence-electron chi connectivity index (χ0n) is 13.8. The first-order valence-corrected chi connectivity index (χ1v) is 7.75. The number of ether oxygens (including phenoxy) is 3. The standard InChI is InChI=1S/C17H22N2O4/c1-21-14-9-13-12(15(22-2)16(14)23-3)8-11(17(20)18-13)10-19-6-4-5-7-19/h8-9H,4-7,10H2,1-3H3,(H,18,20). The van der Waals surface area contributed by atoms with Crippen molar-refractivity contribution in [3.63, 3.8) is 0 Å². The molecule has 2 heterocycles. The van der Waals surface area contributed by atoms with Crippen molar-refractivity contribution in [2.75, 3.05) is 34.4 Å². The minimum atomic E-state index is -0.0707. The maximum absolute atomic E-state index is 12.4. The summed E-state index contributed by atoms with van der Waals surface area (Å²) in [5.74, 6) is 1.63. The molecule has 1 saturated heterocycles. The third-order valence-corrected chi connectivity index (χ3v) is 4.32. The van der Waals surface area contributed by atoms with E-state index in [1.54, 1.807) is 27.4 Å². The second kappa shape index (κ2) is 6.50. The Bertz CT molecular complexity index is 763. The number of nitrogens with one attached hydrogen (secondary N) is 1. The maximum atomic E-state index is 12.4. The number of likely N-dealkylation sites (tertiary alicyclic amines) is 1. The highest BCUT2D eigenvalue weighted by Crippen LogP contribution is 2.42. The van der Waals surface area contributed by atoms with E-state index in [-0.39, 0.29) is 5.56 Å². The van der Waals surface area contributed by atoms with E-state index in [1.165, 1.54) is 12.8 Å². The van der Waals surface area contributed by atoms with Crippen LogP contribution in [0.15, 0.2) is 16.9 Å². The molecule has 1 fully saturated rings. The highest BCUT2D eigenvalue weighted by molar-refractivity contribution is 5.90. The Kier molecular flexibility index (Phi) is 4.43. The van der Waals surface area contributed by atoms with Gasteiger partial charge in [-0.2, -0.15) is 0 Å². The smallest absolute Gasteiger partial charge is 0.252 e. The number of aromatic amines is 1. The van der Waals surface area contributed by atoms with Gasteiger partial charge >= 0.3 is 0 Å². The van der Waals surface area contributed by atoms with Crippen LogP contribution in [0.1, 0.15) is 18.4 Å². The summed E-state index contributed by atoms with van der Waals surface area (Å²) < 4.78 is 16.3. The number of hydrogen-bond donors (Lipinski definition) is 1. The Morgan fingerprint density at radius 2 is 1.74 bits per heavy atom. The normalized spacial score (nSPS) is 15.1. The number of H-pyrrole nitrogens is 1. The number of nitrogens with zero attached hydrogens (tertiary/aromatic N) is 1. The van der Waals surface area contributed by atoms with E-state index in [4.69, 9.17) is 14.2 Å². The van der Waals surface area contributed by atoms with Crippen LogP contribution in [0.3, 0.4) is 0 Å². The van der Waals surface area contributed by atoms with Gasteiger partial charge in [-0.1, -0.05) is 0 Å². The van der Waals surface area contributed by atoms with E-state index in [0.717, 1.165) is 24.0 Å². The van der Waals surface area contributed by atoms with E-state index in [2.05, 4.69) is 9.88 Å². The average molecular weight is 318 g/mol. The van der Waals surface area contributed by atoms with Gasteiger partial charge in [0.25, 0.3) is 5.56 Å². The van der Waals surface area contributed by atoms with Crippen LogP contribution in [0.25, 0.3) is 10.9 Å². The Morgan fingerprint density at radius 1 is 1.04 bits per heavy atom.